The van der Waals surface area contributed by atoms with Gasteiger partial charge in [0.15, 0.2) is 14.1 Å². The van der Waals surface area contributed by atoms with Crippen LogP contribution in [0.4, 0.5) is 24.5 Å². The number of hydrogen-bond acceptors (Lipinski definition) is 8. The van der Waals surface area contributed by atoms with Crippen LogP contribution < -0.4 is 15.2 Å². The fourth-order valence-electron chi connectivity index (χ4n) is 4.71. The number of nitrogens with one attached hydrogen (secondary N) is 1. The van der Waals surface area contributed by atoms with Gasteiger partial charge >= 0.3 is 6.61 Å². The number of aromatic nitrogens is 2. The van der Waals surface area contributed by atoms with Gasteiger partial charge in [-0.25, -0.2) is 18.6 Å². The number of nitrogens with zero attached hydrogens (tertiary/aromatic N) is 3. The maximum absolute atomic E-state index is 15.5. The van der Waals surface area contributed by atoms with Crippen LogP contribution in [0.2, 0.25) is 18.1 Å². The van der Waals surface area contributed by atoms with Crippen molar-refractivity contribution in [3.05, 3.63) is 86.7 Å². The minimum absolute atomic E-state index is 0.0343. The molecule has 2 aromatic carbocycles. The van der Waals surface area contributed by atoms with Crippen molar-refractivity contribution >= 4 is 46.6 Å². The monoisotopic (exact) mass is 785 g/mol. The summed E-state index contributed by atoms with van der Waals surface area (Å²) in [7, 11) is -3.95. The Hall–Kier alpha value is -3.18. The Balaban J connectivity index is 2.12. The van der Waals surface area contributed by atoms with Crippen LogP contribution in [-0.2, 0) is 21.0 Å². The Morgan fingerprint density at radius 2 is 1.73 bits per heavy atom. The highest BCUT2D eigenvalue weighted by Gasteiger charge is 2.43. The highest BCUT2D eigenvalue weighted by atomic mass is 79.9. The van der Waals surface area contributed by atoms with E-state index >= 15 is 4.39 Å². The summed E-state index contributed by atoms with van der Waals surface area (Å²) < 4.78 is 65.2. The van der Waals surface area contributed by atoms with Gasteiger partial charge in [-0.05, 0) is 70.4 Å². The first kappa shape index (κ1) is 40.2. The zero-order chi connectivity index (χ0) is 37.1. The third kappa shape index (κ3) is 9.96. The van der Waals surface area contributed by atoms with Crippen LogP contribution in [-0.4, -0.2) is 38.8 Å². The molecular weight excluding hydrogens is 743 g/mol. The SMILES string of the molecule is CC(C)(O[Si](C)(C)C(C)(C)C)c1ncc(-c2cc(N[C@H](CC=CC(C)(C)S(N)=O)c3c(Br)cccc3OC(F)F)c([N+](=O)[O-])cc2F)cn1. The van der Waals surface area contributed by atoms with Gasteiger partial charge in [-0.3, -0.25) is 15.3 Å². The molecule has 268 valence electrons. The quantitative estimate of drug-likeness (QED) is 0.0713. The van der Waals surface area contributed by atoms with E-state index in [4.69, 9.17) is 14.3 Å². The summed E-state index contributed by atoms with van der Waals surface area (Å²) in [5, 5.41) is 20.7. The molecule has 0 saturated heterocycles. The Labute approximate surface area is 297 Å². The molecule has 0 aliphatic carbocycles. The molecule has 1 unspecified atom stereocenters. The normalized spacial score (nSPS) is 14.3. The van der Waals surface area contributed by atoms with Gasteiger partial charge in [-0.1, -0.05) is 54.9 Å². The number of nitrogens with two attached hydrogens (primary N) is 1. The summed E-state index contributed by atoms with van der Waals surface area (Å²) in [4.78, 5) is 20.4. The van der Waals surface area contributed by atoms with Crippen LogP contribution in [0.25, 0.3) is 11.1 Å². The first-order valence-corrected chi connectivity index (χ1v) is 20.2. The van der Waals surface area contributed by atoms with Crippen molar-refractivity contribution in [2.75, 3.05) is 5.32 Å². The molecule has 0 radical (unpaired) electrons. The first-order chi connectivity index (χ1) is 22.5. The second kappa shape index (κ2) is 15.4. The third-order valence-corrected chi connectivity index (χ3v) is 14.9. The van der Waals surface area contributed by atoms with Crippen molar-refractivity contribution in [1.82, 2.24) is 9.97 Å². The number of rotatable bonds is 14. The second-order valence-electron chi connectivity index (χ2n) is 14.0. The smallest absolute Gasteiger partial charge is 0.387 e. The van der Waals surface area contributed by atoms with Gasteiger partial charge in [0, 0.05) is 33.6 Å². The van der Waals surface area contributed by atoms with Crippen LogP contribution in [0.15, 0.2) is 59.4 Å². The summed E-state index contributed by atoms with van der Waals surface area (Å²) in [6, 6.07) is 5.53. The summed E-state index contributed by atoms with van der Waals surface area (Å²) in [6.45, 7) is 14.5. The van der Waals surface area contributed by atoms with E-state index in [-0.39, 0.29) is 39.6 Å². The molecule has 1 aromatic heterocycles. The molecule has 10 nitrogen and oxygen atoms in total. The van der Waals surface area contributed by atoms with Crippen molar-refractivity contribution in [2.45, 2.75) is 96.0 Å². The molecule has 16 heteroatoms. The number of anilines is 1. The summed E-state index contributed by atoms with van der Waals surface area (Å²) in [5.41, 5.74) is -1.12. The van der Waals surface area contributed by atoms with Crippen molar-refractivity contribution in [1.29, 1.82) is 0 Å². The molecule has 0 bridgehead atoms. The second-order valence-corrected chi connectivity index (χ2v) is 21.3. The average molecular weight is 787 g/mol. The Bertz CT molecular complexity index is 1720. The third-order valence-electron chi connectivity index (χ3n) is 8.42. The van der Waals surface area contributed by atoms with E-state index in [1.54, 1.807) is 32.1 Å². The number of nitro groups is 1. The van der Waals surface area contributed by atoms with Gasteiger partial charge in [0.25, 0.3) is 5.69 Å². The van der Waals surface area contributed by atoms with Gasteiger partial charge in [0.2, 0.25) is 0 Å². The lowest BCUT2D eigenvalue weighted by Crippen LogP contribution is -2.46. The first-order valence-electron chi connectivity index (χ1n) is 15.3. The predicted octanol–water partition coefficient (Wildman–Crippen LogP) is 9.31. The van der Waals surface area contributed by atoms with Crippen LogP contribution in [0.5, 0.6) is 5.75 Å². The maximum Gasteiger partial charge on any atom is 0.387 e. The van der Waals surface area contributed by atoms with Crippen LogP contribution in [0.1, 0.15) is 72.3 Å². The molecule has 0 saturated carbocycles. The van der Waals surface area contributed by atoms with Crippen molar-refractivity contribution < 1.29 is 31.5 Å². The molecule has 0 spiro atoms. The van der Waals surface area contributed by atoms with Crippen LogP contribution >= 0.6 is 15.9 Å². The standard InChI is InChI=1S/C33H43BrF3N5O5SSi/c1-31(2,3)49(8,9)47-33(6,7)29-39-18-20(19-40-29)21-16-25(26(42(43)44)17-23(21)35)41-24(13-11-15-32(4,5)48(38)45)28-22(34)12-10-14-27(28)46-30(36)37/h10-12,14-19,24,30,41H,13,38H2,1-9H3/t24-,48?/m1/s1. The highest BCUT2D eigenvalue weighted by Crippen LogP contribution is 2.43. The minimum atomic E-state index is -3.16. The average Bonchev–Trinajstić information content (AvgIpc) is 2.96. The largest absolute Gasteiger partial charge is 0.434 e. The van der Waals surface area contributed by atoms with E-state index < -0.39 is 58.7 Å². The molecule has 2 atom stereocenters. The molecule has 49 heavy (non-hydrogen) atoms. The number of halogens is 4. The zero-order valence-corrected chi connectivity index (χ0v) is 32.3. The van der Waals surface area contributed by atoms with Crippen molar-refractivity contribution in [3.63, 3.8) is 0 Å². The van der Waals surface area contributed by atoms with Crippen LogP contribution in [0.3, 0.4) is 0 Å². The van der Waals surface area contributed by atoms with Gasteiger partial charge in [-0.2, -0.15) is 8.78 Å². The van der Waals surface area contributed by atoms with E-state index in [1.165, 1.54) is 30.6 Å². The van der Waals surface area contributed by atoms with E-state index in [0.717, 1.165) is 6.07 Å². The van der Waals surface area contributed by atoms with E-state index in [0.29, 0.717) is 10.3 Å². The summed E-state index contributed by atoms with van der Waals surface area (Å²) in [5.74, 6) is -0.694. The lowest BCUT2D eigenvalue weighted by molar-refractivity contribution is -0.384. The predicted molar refractivity (Wildman–Crippen MR) is 193 cm³/mol. The molecule has 0 fully saturated rings. The van der Waals surface area contributed by atoms with Crippen molar-refractivity contribution in [2.24, 2.45) is 5.14 Å². The van der Waals surface area contributed by atoms with E-state index in [9.17, 15) is 23.1 Å². The molecule has 0 aliphatic heterocycles. The van der Waals surface area contributed by atoms with E-state index in [2.05, 4.69) is 65.1 Å². The van der Waals surface area contributed by atoms with Gasteiger partial charge in [-0.15, -0.1) is 0 Å². The molecule has 3 N–H and O–H groups in total. The van der Waals surface area contributed by atoms with Crippen molar-refractivity contribution in [3.8, 4) is 16.9 Å². The number of ether oxygens (including phenoxy) is 1. The number of nitro benzene ring substituents is 1. The van der Waals surface area contributed by atoms with Gasteiger partial charge in [0.1, 0.15) is 22.9 Å². The number of benzene rings is 2. The number of hydrogen-bond donors (Lipinski definition) is 2. The van der Waals surface area contributed by atoms with Crippen LogP contribution in [0, 0.1) is 15.9 Å². The lowest BCUT2D eigenvalue weighted by atomic mass is 9.99. The molecule has 3 rings (SSSR count). The fraction of sp³-hybridized carbons (Fsp3) is 0.455. The molecule has 1 heterocycles. The molecule has 0 amide bonds. The topological polar surface area (TPSA) is 142 Å². The maximum atomic E-state index is 15.5. The highest BCUT2D eigenvalue weighted by molar-refractivity contribution is 9.10. The van der Waals surface area contributed by atoms with Gasteiger partial charge in [0.05, 0.1) is 32.8 Å². The fourth-order valence-corrected chi connectivity index (χ4v) is 7.24. The zero-order valence-electron chi connectivity index (χ0n) is 28.9. The Kier molecular flexibility index (Phi) is 12.6. The van der Waals surface area contributed by atoms with E-state index in [1.807, 2.05) is 13.8 Å². The Morgan fingerprint density at radius 1 is 1.12 bits per heavy atom. The van der Waals surface area contributed by atoms with Gasteiger partial charge < -0.3 is 14.5 Å². The molecule has 3 aromatic rings. The molecular formula is C33H43BrF3N5O5SSi. The minimum Gasteiger partial charge on any atom is -0.434 e. The summed E-state index contributed by atoms with van der Waals surface area (Å²) in [6.07, 6.45) is 6.12. The summed E-state index contributed by atoms with van der Waals surface area (Å²) >= 11 is 3.39. The molecule has 0 aliphatic rings. The Morgan fingerprint density at radius 3 is 2.27 bits per heavy atom. The lowest BCUT2D eigenvalue weighted by Gasteiger charge is -2.42. The number of alkyl halides is 2.